The quantitative estimate of drug-likeness (QED) is 0.796. The van der Waals surface area contributed by atoms with Crippen LogP contribution in [0.3, 0.4) is 0 Å². The number of fused-ring (bicyclic) bond motifs is 1. The van der Waals surface area contributed by atoms with E-state index >= 15 is 0 Å². The first-order valence-electron chi connectivity index (χ1n) is 5.58. The van der Waals surface area contributed by atoms with Gasteiger partial charge in [0, 0.05) is 0 Å². The molecule has 0 N–H and O–H groups in total. The summed E-state index contributed by atoms with van der Waals surface area (Å²) in [5, 5.41) is 0. The van der Waals surface area contributed by atoms with Crippen molar-refractivity contribution in [1.29, 1.82) is 0 Å². The van der Waals surface area contributed by atoms with E-state index in [9.17, 15) is 8.78 Å². The monoisotopic (exact) mass is 304 g/mol. The van der Waals surface area contributed by atoms with Gasteiger partial charge in [-0.1, -0.05) is 0 Å². The Kier molecular flexibility index (Phi) is 3.32. The number of nitrogens with zero attached hydrogens (tertiary/aromatic N) is 2. The molecule has 0 spiro atoms. The van der Waals surface area contributed by atoms with Crippen molar-refractivity contribution < 1.29 is 8.78 Å². The van der Waals surface area contributed by atoms with E-state index in [-0.39, 0.29) is 26.8 Å². The second-order valence-corrected chi connectivity index (χ2v) is 5.83. The summed E-state index contributed by atoms with van der Waals surface area (Å²) in [6.07, 6.45) is 0. The first-order chi connectivity index (χ1) is 7.95. The van der Waals surface area contributed by atoms with E-state index in [0.717, 1.165) is 0 Å². The molecule has 0 radical (unpaired) electrons. The van der Waals surface area contributed by atoms with Crippen molar-refractivity contribution in [1.82, 2.24) is 7.96 Å². The number of rotatable bonds is 2. The van der Waals surface area contributed by atoms with Gasteiger partial charge < -0.3 is 0 Å². The van der Waals surface area contributed by atoms with Gasteiger partial charge in [-0.2, -0.15) is 0 Å². The Labute approximate surface area is 105 Å². The van der Waals surface area contributed by atoms with Gasteiger partial charge in [-0.15, -0.1) is 0 Å². The minimum atomic E-state index is -0.751. The SMILES string of the molecule is CC(C)c1c(F)c(F)c(C(C)C)c2n[se]nc12. The Morgan fingerprint density at radius 2 is 1.18 bits per heavy atom. The fourth-order valence-electron chi connectivity index (χ4n) is 2.04. The fourth-order valence-corrected chi connectivity index (χ4v) is 3.24. The van der Waals surface area contributed by atoms with E-state index in [1.807, 2.05) is 27.7 Å². The molecule has 0 unspecified atom stereocenters. The van der Waals surface area contributed by atoms with Gasteiger partial charge in [0.05, 0.1) is 0 Å². The molecule has 0 aliphatic carbocycles. The summed E-state index contributed by atoms with van der Waals surface area (Å²) in [6.45, 7) is 7.37. The van der Waals surface area contributed by atoms with Crippen LogP contribution in [0.4, 0.5) is 8.78 Å². The Balaban J connectivity index is 2.92. The molecule has 2 aromatic rings. The summed E-state index contributed by atoms with van der Waals surface area (Å²) in [4.78, 5) is 0. The van der Waals surface area contributed by atoms with Crippen LogP contribution in [0.5, 0.6) is 0 Å². The summed E-state index contributed by atoms with van der Waals surface area (Å²) >= 11 is -0.268. The molecular formula is C12H14F2N2Se. The fraction of sp³-hybridized carbons (Fsp3) is 0.500. The van der Waals surface area contributed by atoms with Crippen LogP contribution in [0.15, 0.2) is 0 Å². The predicted octanol–water partition coefficient (Wildman–Crippen LogP) is 3.21. The van der Waals surface area contributed by atoms with Crippen molar-refractivity contribution >= 4 is 26.0 Å². The molecule has 0 aliphatic heterocycles. The van der Waals surface area contributed by atoms with Gasteiger partial charge in [0.1, 0.15) is 0 Å². The maximum atomic E-state index is 14.1. The Hall–Kier alpha value is -0.801. The number of benzene rings is 1. The van der Waals surface area contributed by atoms with Gasteiger partial charge in [-0.25, -0.2) is 0 Å². The van der Waals surface area contributed by atoms with Crippen LogP contribution >= 0.6 is 0 Å². The Bertz CT molecular complexity index is 513. The minimum absolute atomic E-state index is 0.0905. The molecule has 92 valence electrons. The molecule has 1 heterocycles. The van der Waals surface area contributed by atoms with Crippen LogP contribution in [0.25, 0.3) is 11.0 Å². The molecule has 0 amide bonds. The van der Waals surface area contributed by atoms with Gasteiger partial charge in [-0.05, 0) is 0 Å². The maximum absolute atomic E-state index is 14.1. The van der Waals surface area contributed by atoms with Crippen molar-refractivity contribution in [2.24, 2.45) is 0 Å². The molecule has 0 atom stereocenters. The van der Waals surface area contributed by atoms with E-state index in [1.165, 1.54) is 0 Å². The summed E-state index contributed by atoms with van der Waals surface area (Å²) < 4.78 is 36.6. The van der Waals surface area contributed by atoms with E-state index in [1.54, 1.807) is 0 Å². The normalized spacial score (nSPS) is 12.0. The van der Waals surface area contributed by atoms with Crippen LogP contribution in [0, 0.1) is 11.6 Å². The van der Waals surface area contributed by atoms with Gasteiger partial charge in [-0.3, -0.25) is 0 Å². The average molecular weight is 303 g/mol. The molecule has 0 saturated carbocycles. The molecule has 0 fully saturated rings. The molecule has 0 saturated heterocycles. The van der Waals surface area contributed by atoms with E-state index in [2.05, 4.69) is 7.96 Å². The molecule has 2 nitrogen and oxygen atoms in total. The van der Waals surface area contributed by atoms with E-state index < -0.39 is 11.6 Å². The summed E-state index contributed by atoms with van der Waals surface area (Å²) in [7, 11) is 0. The topological polar surface area (TPSA) is 25.8 Å². The number of halogens is 2. The third-order valence-corrected chi connectivity index (χ3v) is 3.93. The molecule has 0 aliphatic rings. The predicted molar refractivity (Wildman–Crippen MR) is 64.6 cm³/mol. The van der Waals surface area contributed by atoms with Crippen molar-refractivity contribution in [2.75, 3.05) is 0 Å². The Morgan fingerprint density at radius 3 is 1.47 bits per heavy atom. The molecule has 0 bridgehead atoms. The zero-order valence-corrected chi connectivity index (χ0v) is 11.9. The van der Waals surface area contributed by atoms with Crippen LogP contribution in [-0.4, -0.2) is 22.9 Å². The van der Waals surface area contributed by atoms with Crippen molar-refractivity contribution in [3.05, 3.63) is 22.8 Å². The molecule has 1 aromatic heterocycles. The van der Waals surface area contributed by atoms with Crippen molar-refractivity contribution in [2.45, 2.75) is 39.5 Å². The summed E-state index contributed by atoms with van der Waals surface area (Å²) in [5.74, 6) is -1.68. The third-order valence-electron chi connectivity index (χ3n) is 2.82. The standard InChI is InChI=1S/C12H14F2N2Se/c1-5(2)7-9(13)10(14)8(6(3)4)12-11(7)15-17-16-12/h5-6H,1-4H3. The van der Waals surface area contributed by atoms with Crippen LogP contribution in [-0.2, 0) is 0 Å². The Morgan fingerprint density at radius 1 is 0.824 bits per heavy atom. The van der Waals surface area contributed by atoms with E-state index in [4.69, 9.17) is 0 Å². The zero-order valence-electron chi connectivity index (χ0n) is 10.2. The zero-order chi connectivity index (χ0) is 12.7. The summed E-state index contributed by atoms with van der Waals surface area (Å²) in [6, 6.07) is 0. The van der Waals surface area contributed by atoms with Crippen LogP contribution in [0.2, 0.25) is 0 Å². The van der Waals surface area contributed by atoms with Gasteiger partial charge in [0.2, 0.25) is 0 Å². The van der Waals surface area contributed by atoms with Gasteiger partial charge >= 0.3 is 105 Å². The second-order valence-electron chi connectivity index (χ2n) is 4.73. The molecular weight excluding hydrogens is 289 g/mol. The first-order valence-corrected chi connectivity index (χ1v) is 7.11. The summed E-state index contributed by atoms with van der Waals surface area (Å²) in [5.41, 5.74) is 1.88. The van der Waals surface area contributed by atoms with Crippen LogP contribution in [0.1, 0.15) is 50.7 Å². The number of hydrogen-bond donors (Lipinski definition) is 0. The average Bonchev–Trinajstić information content (AvgIpc) is 2.66. The third kappa shape index (κ3) is 1.91. The van der Waals surface area contributed by atoms with Crippen LogP contribution < -0.4 is 0 Å². The van der Waals surface area contributed by atoms with Crippen molar-refractivity contribution in [3.63, 3.8) is 0 Å². The number of aromatic nitrogens is 2. The van der Waals surface area contributed by atoms with Gasteiger partial charge in [0.25, 0.3) is 0 Å². The molecule has 17 heavy (non-hydrogen) atoms. The molecule has 1 aromatic carbocycles. The second kappa shape index (κ2) is 4.46. The van der Waals surface area contributed by atoms with E-state index in [0.29, 0.717) is 22.2 Å². The number of hydrogen-bond acceptors (Lipinski definition) is 2. The first kappa shape index (κ1) is 12.7. The van der Waals surface area contributed by atoms with Gasteiger partial charge in [0.15, 0.2) is 0 Å². The molecule has 2 rings (SSSR count). The van der Waals surface area contributed by atoms with Crippen molar-refractivity contribution in [3.8, 4) is 0 Å². The molecule has 5 heteroatoms.